The first kappa shape index (κ1) is 14.2. The fourth-order valence-electron chi connectivity index (χ4n) is 3.16. The van der Waals surface area contributed by atoms with E-state index in [9.17, 15) is 4.39 Å². The van der Waals surface area contributed by atoms with Crippen molar-refractivity contribution < 1.29 is 4.39 Å². The summed E-state index contributed by atoms with van der Waals surface area (Å²) < 4.78 is 14.0. The second kappa shape index (κ2) is 5.58. The molecule has 110 valence electrons. The molecule has 0 fully saturated rings. The molecule has 2 aromatic rings. The van der Waals surface area contributed by atoms with Gasteiger partial charge in [0.25, 0.3) is 0 Å². The van der Waals surface area contributed by atoms with E-state index in [0.717, 1.165) is 19.5 Å². The maximum Gasteiger partial charge on any atom is 0.128 e. The highest BCUT2D eigenvalue weighted by Gasteiger charge is 2.28. The van der Waals surface area contributed by atoms with E-state index >= 15 is 0 Å². The molecule has 0 aromatic heterocycles. The molecule has 2 N–H and O–H groups in total. The van der Waals surface area contributed by atoms with Crippen LogP contribution in [-0.2, 0) is 18.5 Å². The summed E-state index contributed by atoms with van der Waals surface area (Å²) in [6, 6.07) is 15.3. The van der Waals surface area contributed by atoms with E-state index in [2.05, 4.69) is 29.2 Å². The van der Waals surface area contributed by atoms with Gasteiger partial charge in [0.1, 0.15) is 5.82 Å². The minimum atomic E-state index is -0.683. The molecule has 1 heterocycles. The Labute approximate surface area is 125 Å². The van der Waals surface area contributed by atoms with Gasteiger partial charge in [0.05, 0.1) is 5.54 Å². The van der Waals surface area contributed by atoms with E-state index in [1.807, 2.05) is 13.0 Å². The van der Waals surface area contributed by atoms with Gasteiger partial charge < -0.3 is 5.73 Å². The molecule has 2 aromatic carbocycles. The first-order valence-electron chi connectivity index (χ1n) is 7.39. The highest BCUT2D eigenvalue weighted by atomic mass is 19.1. The van der Waals surface area contributed by atoms with Crippen molar-refractivity contribution in [1.82, 2.24) is 4.90 Å². The standard InChI is InChI=1S/C18H21FN2/c1-18(20,16-8-4-5-9-17(16)19)13-21-11-10-14-6-2-3-7-15(14)12-21/h2-9H,10-13,20H2,1H3. The third-order valence-electron chi connectivity index (χ3n) is 4.25. The van der Waals surface area contributed by atoms with Gasteiger partial charge >= 0.3 is 0 Å². The van der Waals surface area contributed by atoms with Crippen molar-refractivity contribution in [2.24, 2.45) is 5.73 Å². The fraction of sp³-hybridized carbons (Fsp3) is 0.333. The smallest absolute Gasteiger partial charge is 0.128 e. The van der Waals surface area contributed by atoms with Gasteiger partial charge in [-0.3, -0.25) is 4.90 Å². The predicted octanol–water partition coefficient (Wildman–Crippen LogP) is 3.06. The lowest BCUT2D eigenvalue weighted by Crippen LogP contribution is -2.47. The lowest BCUT2D eigenvalue weighted by molar-refractivity contribution is 0.199. The number of hydrogen-bond donors (Lipinski definition) is 1. The van der Waals surface area contributed by atoms with E-state index in [1.54, 1.807) is 12.1 Å². The summed E-state index contributed by atoms with van der Waals surface area (Å²) in [5.74, 6) is -0.222. The van der Waals surface area contributed by atoms with Gasteiger partial charge in [-0.05, 0) is 30.5 Å². The molecule has 3 rings (SSSR count). The van der Waals surface area contributed by atoms with Crippen molar-refractivity contribution in [3.63, 3.8) is 0 Å². The molecular formula is C18H21FN2. The van der Waals surface area contributed by atoms with Crippen LogP contribution in [0.25, 0.3) is 0 Å². The van der Waals surface area contributed by atoms with Crippen LogP contribution in [0.15, 0.2) is 48.5 Å². The minimum Gasteiger partial charge on any atom is -0.320 e. The molecule has 1 aliphatic rings. The van der Waals surface area contributed by atoms with E-state index in [1.165, 1.54) is 17.2 Å². The third kappa shape index (κ3) is 2.99. The van der Waals surface area contributed by atoms with Crippen molar-refractivity contribution in [3.05, 3.63) is 71.0 Å². The molecule has 1 atom stereocenters. The summed E-state index contributed by atoms with van der Waals surface area (Å²) in [6.07, 6.45) is 1.03. The largest absolute Gasteiger partial charge is 0.320 e. The molecule has 1 unspecified atom stereocenters. The van der Waals surface area contributed by atoms with Crippen LogP contribution >= 0.6 is 0 Å². The molecule has 1 aliphatic heterocycles. The van der Waals surface area contributed by atoms with Crippen molar-refractivity contribution in [3.8, 4) is 0 Å². The molecule has 0 spiro atoms. The molecular weight excluding hydrogens is 263 g/mol. The second-order valence-electron chi connectivity index (χ2n) is 6.13. The first-order valence-corrected chi connectivity index (χ1v) is 7.39. The Kier molecular flexibility index (Phi) is 3.79. The SMILES string of the molecule is CC(N)(CN1CCc2ccccc2C1)c1ccccc1F. The quantitative estimate of drug-likeness (QED) is 0.938. The molecule has 0 saturated heterocycles. The maximum absolute atomic E-state index is 14.0. The summed E-state index contributed by atoms with van der Waals surface area (Å²) in [6.45, 7) is 4.42. The number of nitrogens with two attached hydrogens (primary N) is 1. The van der Waals surface area contributed by atoms with Crippen molar-refractivity contribution in [2.45, 2.75) is 25.4 Å². The minimum absolute atomic E-state index is 0.222. The lowest BCUT2D eigenvalue weighted by atomic mass is 9.90. The molecule has 2 nitrogen and oxygen atoms in total. The van der Waals surface area contributed by atoms with Gasteiger partial charge in [-0.2, -0.15) is 0 Å². The molecule has 0 amide bonds. The highest BCUT2D eigenvalue weighted by Crippen LogP contribution is 2.25. The second-order valence-corrected chi connectivity index (χ2v) is 6.13. The topological polar surface area (TPSA) is 29.3 Å². The van der Waals surface area contributed by atoms with Gasteiger partial charge in [-0.1, -0.05) is 42.5 Å². The predicted molar refractivity (Wildman–Crippen MR) is 83.4 cm³/mol. The Morgan fingerprint density at radius 2 is 1.76 bits per heavy atom. The number of nitrogens with zero attached hydrogens (tertiary/aromatic N) is 1. The Morgan fingerprint density at radius 1 is 1.10 bits per heavy atom. The van der Waals surface area contributed by atoms with Crippen molar-refractivity contribution >= 4 is 0 Å². The third-order valence-corrected chi connectivity index (χ3v) is 4.25. The zero-order valence-electron chi connectivity index (χ0n) is 12.3. The lowest BCUT2D eigenvalue weighted by Gasteiger charge is -2.36. The van der Waals surface area contributed by atoms with Gasteiger partial charge in [0.15, 0.2) is 0 Å². The number of fused-ring (bicyclic) bond motifs is 1. The zero-order valence-corrected chi connectivity index (χ0v) is 12.3. The van der Waals surface area contributed by atoms with Gasteiger partial charge in [0.2, 0.25) is 0 Å². The number of rotatable bonds is 3. The number of benzene rings is 2. The normalized spacial score (nSPS) is 18.0. The van der Waals surface area contributed by atoms with Crippen LogP contribution < -0.4 is 5.73 Å². The molecule has 21 heavy (non-hydrogen) atoms. The van der Waals surface area contributed by atoms with Crippen LogP contribution in [0.5, 0.6) is 0 Å². The molecule has 0 aliphatic carbocycles. The Morgan fingerprint density at radius 3 is 2.52 bits per heavy atom. The van der Waals surface area contributed by atoms with E-state index in [-0.39, 0.29) is 5.82 Å². The fourth-order valence-corrected chi connectivity index (χ4v) is 3.16. The summed E-state index contributed by atoms with van der Waals surface area (Å²) in [7, 11) is 0. The van der Waals surface area contributed by atoms with Crippen LogP contribution in [0.3, 0.4) is 0 Å². The average molecular weight is 284 g/mol. The van der Waals surface area contributed by atoms with Crippen LogP contribution in [-0.4, -0.2) is 18.0 Å². The van der Waals surface area contributed by atoms with Crippen LogP contribution in [0.4, 0.5) is 4.39 Å². The molecule has 0 saturated carbocycles. The Bertz CT molecular complexity index is 637. The highest BCUT2D eigenvalue weighted by molar-refractivity contribution is 5.30. The number of hydrogen-bond acceptors (Lipinski definition) is 2. The first-order chi connectivity index (χ1) is 10.1. The monoisotopic (exact) mass is 284 g/mol. The molecule has 0 bridgehead atoms. The van der Waals surface area contributed by atoms with Crippen molar-refractivity contribution in [2.75, 3.05) is 13.1 Å². The summed E-state index contributed by atoms with van der Waals surface area (Å²) in [5.41, 5.74) is 9.08. The van der Waals surface area contributed by atoms with Gasteiger partial charge in [-0.15, -0.1) is 0 Å². The summed E-state index contributed by atoms with van der Waals surface area (Å²) in [5, 5.41) is 0. The Balaban J connectivity index is 1.77. The molecule has 0 radical (unpaired) electrons. The van der Waals surface area contributed by atoms with Crippen LogP contribution in [0, 0.1) is 5.82 Å². The van der Waals surface area contributed by atoms with Crippen LogP contribution in [0.2, 0.25) is 0 Å². The van der Waals surface area contributed by atoms with E-state index in [0.29, 0.717) is 12.1 Å². The average Bonchev–Trinajstić information content (AvgIpc) is 2.47. The summed E-state index contributed by atoms with van der Waals surface area (Å²) in [4.78, 5) is 2.31. The van der Waals surface area contributed by atoms with E-state index < -0.39 is 5.54 Å². The maximum atomic E-state index is 14.0. The van der Waals surface area contributed by atoms with Crippen molar-refractivity contribution in [1.29, 1.82) is 0 Å². The number of halogens is 1. The Hall–Kier alpha value is -1.71. The van der Waals surface area contributed by atoms with Gasteiger partial charge in [0, 0.05) is 25.2 Å². The van der Waals surface area contributed by atoms with Crippen LogP contribution in [0.1, 0.15) is 23.6 Å². The van der Waals surface area contributed by atoms with E-state index in [4.69, 9.17) is 5.73 Å². The zero-order chi connectivity index (χ0) is 14.9. The summed E-state index contributed by atoms with van der Waals surface area (Å²) >= 11 is 0. The molecule has 3 heteroatoms. The van der Waals surface area contributed by atoms with Gasteiger partial charge in [-0.25, -0.2) is 4.39 Å².